The number of benzene rings is 1. The molecule has 1 aromatic heterocycles. The molecule has 0 atom stereocenters. The lowest BCUT2D eigenvalue weighted by molar-refractivity contribution is -0.387. The molecule has 2 aromatic rings. The second-order valence-corrected chi connectivity index (χ2v) is 4.86. The number of nitrogens with two attached hydrogens (primary N) is 1. The van der Waals surface area contributed by atoms with E-state index in [4.69, 9.17) is 17.3 Å². The van der Waals surface area contributed by atoms with Gasteiger partial charge in [0.15, 0.2) is 5.16 Å². The summed E-state index contributed by atoms with van der Waals surface area (Å²) in [4.78, 5) is 28.2. The molecule has 2 rings (SSSR count). The minimum Gasteiger partial charge on any atom is -0.383 e. The molecule has 0 amide bonds. The molecule has 0 saturated heterocycles. The lowest BCUT2D eigenvalue weighted by atomic mass is 10.3. The number of nitrogen functional groups attached to an aromatic ring is 1. The summed E-state index contributed by atoms with van der Waals surface area (Å²) in [6, 6.07) is 5.62. The predicted molar refractivity (Wildman–Crippen MR) is 71.5 cm³/mol. The number of H-pyrrole nitrogens is 1. The minimum atomic E-state index is -0.588. The molecule has 0 aliphatic carbocycles. The molecule has 1 heterocycles. The Balaban J connectivity index is 2.46. The van der Waals surface area contributed by atoms with Crippen LogP contribution in [0.4, 0.5) is 11.5 Å². The standard InChI is InChI=1S/C10H7ClN4O3S/c11-5-2-1-3-6(9(5)15(17)18)19-10-13-7(12)4-8(16)14-10/h1-4H,(H3,12,13,14,16). The summed E-state index contributed by atoms with van der Waals surface area (Å²) in [5.74, 6) is 0.0379. The topological polar surface area (TPSA) is 115 Å². The van der Waals surface area contributed by atoms with E-state index in [1.165, 1.54) is 12.1 Å². The number of nitrogens with one attached hydrogen (secondary N) is 1. The number of hydrogen-bond acceptors (Lipinski definition) is 6. The summed E-state index contributed by atoms with van der Waals surface area (Å²) in [5.41, 5.74) is 4.77. The Morgan fingerprint density at radius 1 is 1.47 bits per heavy atom. The molecule has 0 aliphatic rings. The number of nitrogens with zero attached hydrogens (tertiary/aromatic N) is 2. The lowest BCUT2D eigenvalue weighted by Gasteiger charge is -2.03. The monoisotopic (exact) mass is 298 g/mol. The van der Waals surface area contributed by atoms with Gasteiger partial charge in [0.05, 0.1) is 9.82 Å². The van der Waals surface area contributed by atoms with E-state index in [2.05, 4.69) is 9.97 Å². The second-order valence-electron chi connectivity index (χ2n) is 3.42. The van der Waals surface area contributed by atoms with E-state index in [9.17, 15) is 14.9 Å². The molecule has 7 nitrogen and oxygen atoms in total. The molecular weight excluding hydrogens is 292 g/mol. The molecule has 98 valence electrons. The molecule has 9 heteroatoms. The summed E-state index contributed by atoms with van der Waals surface area (Å²) in [6.07, 6.45) is 0. The highest BCUT2D eigenvalue weighted by Gasteiger charge is 2.19. The van der Waals surface area contributed by atoms with Gasteiger partial charge in [0.1, 0.15) is 10.8 Å². The van der Waals surface area contributed by atoms with Gasteiger partial charge in [-0.05, 0) is 23.9 Å². The normalized spacial score (nSPS) is 10.4. The van der Waals surface area contributed by atoms with Crippen LogP contribution < -0.4 is 11.3 Å². The zero-order valence-electron chi connectivity index (χ0n) is 9.29. The van der Waals surface area contributed by atoms with Crippen LogP contribution in [0.15, 0.2) is 39.1 Å². The van der Waals surface area contributed by atoms with Gasteiger partial charge in [0.2, 0.25) is 0 Å². The number of hydrogen-bond donors (Lipinski definition) is 2. The van der Waals surface area contributed by atoms with E-state index in [-0.39, 0.29) is 26.6 Å². The second kappa shape index (κ2) is 5.29. The van der Waals surface area contributed by atoms with Crippen LogP contribution >= 0.6 is 23.4 Å². The van der Waals surface area contributed by atoms with Crippen molar-refractivity contribution in [1.29, 1.82) is 0 Å². The lowest BCUT2D eigenvalue weighted by Crippen LogP contribution is -2.09. The molecule has 3 N–H and O–H groups in total. The molecule has 0 radical (unpaired) electrons. The molecule has 0 unspecified atom stereocenters. The van der Waals surface area contributed by atoms with E-state index < -0.39 is 10.5 Å². The Kier molecular flexibility index (Phi) is 3.72. The Bertz CT molecular complexity index is 703. The van der Waals surface area contributed by atoms with E-state index in [1.807, 2.05) is 0 Å². The number of nitro benzene ring substituents is 1. The summed E-state index contributed by atoms with van der Waals surface area (Å²) in [5, 5.41) is 11.1. The van der Waals surface area contributed by atoms with Crippen molar-refractivity contribution in [2.75, 3.05) is 5.73 Å². The van der Waals surface area contributed by atoms with Gasteiger partial charge in [0, 0.05) is 6.07 Å². The Labute approximate surface area is 116 Å². The summed E-state index contributed by atoms with van der Waals surface area (Å²) >= 11 is 6.69. The molecule has 0 bridgehead atoms. The van der Waals surface area contributed by atoms with Gasteiger partial charge in [-0.15, -0.1) is 0 Å². The van der Waals surface area contributed by atoms with Crippen LogP contribution in [-0.2, 0) is 0 Å². The highest BCUT2D eigenvalue weighted by molar-refractivity contribution is 7.99. The van der Waals surface area contributed by atoms with Crippen molar-refractivity contribution in [2.45, 2.75) is 10.1 Å². The zero-order valence-corrected chi connectivity index (χ0v) is 10.9. The fraction of sp³-hybridized carbons (Fsp3) is 0. The average Bonchev–Trinajstić information content (AvgIpc) is 2.26. The first-order chi connectivity index (χ1) is 8.97. The Morgan fingerprint density at radius 3 is 2.84 bits per heavy atom. The number of aromatic amines is 1. The van der Waals surface area contributed by atoms with Crippen LogP contribution in [-0.4, -0.2) is 14.9 Å². The van der Waals surface area contributed by atoms with Gasteiger partial charge in [-0.25, -0.2) is 4.98 Å². The third-order valence-electron chi connectivity index (χ3n) is 2.08. The summed E-state index contributed by atoms with van der Waals surface area (Å²) < 4.78 is 0. The summed E-state index contributed by atoms with van der Waals surface area (Å²) in [7, 11) is 0. The van der Waals surface area contributed by atoms with Gasteiger partial charge < -0.3 is 10.7 Å². The van der Waals surface area contributed by atoms with Crippen LogP contribution in [0.1, 0.15) is 0 Å². The number of aromatic nitrogens is 2. The van der Waals surface area contributed by atoms with Crippen LogP contribution in [0, 0.1) is 10.1 Å². The molecule has 1 aromatic carbocycles. The van der Waals surface area contributed by atoms with Crippen molar-refractivity contribution in [3.63, 3.8) is 0 Å². The van der Waals surface area contributed by atoms with E-state index >= 15 is 0 Å². The van der Waals surface area contributed by atoms with Crippen LogP contribution in [0.3, 0.4) is 0 Å². The number of halogens is 1. The first-order valence-electron chi connectivity index (χ1n) is 4.95. The maximum Gasteiger partial charge on any atom is 0.301 e. The number of nitro groups is 1. The van der Waals surface area contributed by atoms with Crippen molar-refractivity contribution in [2.24, 2.45) is 0 Å². The first kappa shape index (κ1) is 13.4. The molecular formula is C10H7ClN4O3S. The van der Waals surface area contributed by atoms with Crippen LogP contribution in [0.5, 0.6) is 0 Å². The van der Waals surface area contributed by atoms with Gasteiger partial charge in [-0.2, -0.15) is 0 Å². The van der Waals surface area contributed by atoms with Gasteiger partial charge >= 0.3 is 5.69 Å². The third-order valence-corrected chi connectivity index (χ3v) is 3.32. The molecule has 0 fully saturated rings. The number of para-hydroxylation sites is 1. The molecule has 0 saturated carbocycles. The van der Waals surface area contributed by atoms with Crippen molar-refractivity contribution in [1.82, 2.24) is 9.97 Å². The van der Waals surface area contributed by atoms with Crippen molar-refractivity contribution in [3.8, 4) is 0 Å². The van der Waals surface area contributed by atoms with Crippen molar-refractivity contribution >= 4 is 34.9 Å². The highest BCUT2D eigenvalue weighted by atomic mass is 35.5. The SMILES string of the molecule is Nc1cc(=O)[nH]c(Sc2cccc(Cl)c2[N+](=O)[O-])n1. The molecule has 0 aliphatic heterocycles. The molecule has 19 heavy (non-hydrogen) atoms. The predicted octanol–water partition coefficient (Wildman–Crippen LogP) is 2.06. The zero-order chi connectivity index (χ0) is 14.0. The average molecular weight is 299 g/mol. The number of anilines is 1. The molecule has 0 spiro atoms. The maximum atomic E-state index is 11.2. The Hall–Kier alpha value is -2.06. The number of rotatable bonds is 3. The highest BCUT2D eigenvalue weighted by Crippen LogP contribution is 2.37. The smallest absolute Gasteiger partial charge is 0.301 e. The maximum absolute atomic E-state index is 11.2. The van der Waals surface area contributed by atoms with Gasteiger partial charge in [-0.1, -0.05) is 17.7 Å². The Morgan fingerprint density at radius 2 is 2.21 bits per heavy atom. The van der Waals surface area contributed by atoms with E-state index in [0.29, 0.717) is 0 Å². The van der Waals surface area contributed by atoms with Crippen LogP contribution in [0.25, 0.3) is 0 Å². The minimum absolute atomic E-state index is 0.0150. The van der Waals surface area contributed by atoms with E-state index in [1.54, 1.807) is 6.07 Å². The van der Waals surface area contributed by atoms with Gasteiger partial charge in [-0.3, -0.25) is 14.9 Å². The third kappa shape index (κ3) is 3.04. The fourth-order valence-corrected chi connectivity index (χ4v) is 2.60. The van der Waals surface area contributed by atoms with Crippen LogP contribution in [0.2, 0.25) is 5.02 Å². The quantitative estimate of drug-likeness (QED) is 0.509. The summed E-state index contributed by atoms with van der Waals surface area (Å²) in [6.45, 7) is 0. The van der Waals surface area contributed by atoms with Crippen molar-refractivity contribution < 1.29 is 4.92 Å². The first-order valence-corrected chi connectivity index (χ1v) is 6.14. The van der Waals surface area contributed by atoms with Crippen molar-refractivity contribution in [3.05, 3.63) is 49.8 Å². The van der Waals surface area contributed by atoms with Gasteiger partial charge in [0.25, 0.3) is 5.56 Å². The fourth-order valence-electron chi connectivity index (χ4n) is 1.36. The largest absolute Gasteiger partial charge is 0.383 e. The van der Waals surface area contributed by atoms with E-state index in [0.717, 1.165) is 17.8 Å².